The number of carbonyl (C=O) groups is 1. The Morgan fingerprint density at radius 3 is 3.19 bits per heavy atom. The Hall–Kier alpha value is -1.99. The number of hydrogen-bond donors (Lipinski definition) is 2. The van der Waals surface area contributed by atoms with E-state index in [0.29, 0.717) is 0 Å². The molecule has 3 rings (SSSR count). The first kappa shape index (κ1) is 14.0. The highest BCUT2D eigenvalue weighted by atomic mass is 32.1. The summed E-state index contributed by atoms with van der Waals surface area (Å²) in [6.45, 7) is 1.18. The summed E-state index contributed by atoms with van der Waals surface area (Å²) in [7, 11) is 0. The Morgan fingerprint density at radius 2 is 2.43 bits per heavy atom. The molecular formula is C14H17N5OS. The molecular weight excluding hydrogens is 286 g/mol. The summed E-state index contributed by atoms with van der Waals surface area (Å²) in [4.78, 5) is 22.1. The fourth-order valence-electron chi connectivity index (χ4n) is 2.65. The summed E-state index contributed by atoms with van der Waals surface area (Å²) in [6.07, 6.45) is 3.81. The minimum Gasteiger partial charge on any atom is -0.369 e. The van der Waals surface area contributed by atoms with Crippen LogP contribution in [0.3, 0.4) is 0 Å². The molecule has 110 valence electrons. The lowest BCUT2D eigenvalue weighted by Crippen LogP contribution is -2.33. The van der Waals surface area contributed by atoms with E-state index in [1.165, 1.54) is 11.3 Å². The normalized spacial score (nSPS) is 18.8. The maximum Gasteiger partial charge on any atom is 0.231 e. The number of nitrogens with zero attached hydrogens (tertiary/aromatic N) is 3. The van der Waals surface area contributed by atoms with Gasteiger partial charge in [-0.3, -0.25) is 9.69 Å². The average Bonchev–Trinajstić information content (AvgIpc) is 3.10. The fourth-order valence-corrected chi connectivity index (χ4v) is 3.19. The van der Waals surface area contributed by atoms with Gasteiger partial charge in [0.15, 0.2) is 5.13 Å². The van der Waals surface area contributed by atoms with Crippen LogP contribution in [0.15, 0.2) is 29.8 Å². The van der Waals surface area contributed by atoms with Gasteiger partial charge in [-0.2, -0.15) is 0 Å². The monoisotopic (exact) mass is 303 g/mol. The lowest BCUT2D eigenvalue weighted by atomic mass is 10.1. The third kappa shape index (κ3) is 3.37. The van der Waals surface area contributed by atoms with E-state index in [1.54, 1.807) is 6.20 Å². The summed E-state index contributed by atoms with van der Waals surface area (Å²) < 4.78 is 0. The molecule has 1 aliphatic rings. The number of anilines is 2. The number of carbonyl (C=O) groups excluding carboxylic acids is 1. The number of hydrogen-bond acceptors (Lipinski definition) is 6. The SMILES string of the molecule is NC(=O)CN1CCCC1c1cccc(Nc2nccs2)n1. The van der Waals surface area contributed by atoms with Gasteiger partial charge in [0.1, 0.15) is 5.82 Å². The van der Waals surface area contributed by atoms with Crippen LogP contribution in [0.5, 0.6) is 0 Å². The molecule has 1 fully saturated rings. The van der Waals surface area contributed by atoms with Crippen LogP contribution < -0.4 is 11.1 Å². The second-order valence-corrected chi connectivity index (χ2v) is 5.90. The highest BCUT2D eigenvalue weighted by molar-refractivity contribution is 7.13. The summed E-state index contributed by atoms with van der Waals surface area (Å²) in [5.74, 6) is 0.479. The number of primary amides is 1. The predicted octanol–water partition coefficient (Wildman–Crippen LogP) is 1.90. The first-order chi connectivity index (χ1) is 10.2. The number of amides is 1. The first-order valence-electron chi connectivity index (χ1n) is 6.88. The van der Waals surface area contributed by atoms with Gasteiger partial charge in [-0.1, -0.05) is 6.07 Å². The molecule has 2 aromatic rings. The Labute approximate surface area is 127 Å². The van der Waals surface area contributed by atoms with E-state index in [1.807, 2.05) is 23.6 Å². The van der Waals surface area contributed by atoms with Crippen molar-refractivity contribution in [2.45, 2.75) is 18.9 Å². The molecule has 7 heteroatoms. The van der Waals surface area contributed by atoms with Crippen LogP contribution in [0.25, 0.3) is 0 Å². The van der Waals surface area contributed by atoms with Crippen LogP contribution in [0.4, 0.5) is 10.9 Å². The van der Waals surface area contributed by atoms with Crippen molar-refractivity contribution in [3.63, 3.8) is 0 Å². The largest absolute Gasteiger partial charge is 0.369 e. The van der Waals surface area contributed by atoms with E-state index < -0.39 is 0 Å². The van der Waals surface area contributed by atoms with Gasteiger partial charge in [-0.25, -0.2) is 9.97 Å². The molecule has 0 aliphatic carbocycles. The van der Waals surface area contributed by atoms with Gasteiger partial charge in [0, 0.05) is 11.6 Å². The molecule has 0 aromatic carbocycles. The molecule has 1 saturated heterocycles. The smallest absolute Gasteiger partial charge is 0.231 e. The van der Waals surface area contributed by atoms with Gasteiger partial charge in [0.25, 0.3) is 0 Å². The molecule has 0 saturated carbocycles. The van der Waals surface area contributed by atoms with Crippen molar-refractivity contribution >= 4 is 28.2 Å². The van der Waals surface area contributed by atoms with E-state index in [9.17, 15) is 4.79 Å². The molecule has 1 aliphatic heterocycles. The van der Waals surface area contributed by atoms with Gasteiger partial charge in [-0.15, -0.1) is 11.3 Å². The molecule has 1 amide bonds. The first-order valence-corrected chi connectivity index (χ1v) is 7.76. The molecule has 0 spiro atoms. The highest BCUT2D eigenvalue weighted by Gasteiger charge is 2.28. The zero-order valence-corrected chi connectivity index (χ0v) is 12.3. The summed E-state index contributed by atoms with van der Waals surface area (Å²) >= 11 is 1.53. The van der Waals surface area contributed by atoms with E-state index in [4.69, 9.17) is 5.73 Å². The van der Waals surface area contributed by atoms with Crippen molar-refractivity contribution < 1.29 is 4.79 Å². The number of likely N-dealkylation sites (tertiary alicyclic amines) is 1. The number of thiazole rings is 1. The van der Waals surface area contributed by atoms with E-state index in [2.05, 4.69) is 20.2 Å². The Kier molecular flexibility index (Phi) is 4.12. The lowest BCUT2D eigenvalue weighted by Gasteiger charge is -2.22. The van der Waals surface area contributed by atoms with Crippen molar-refractivity contribution in [2.24, 2.45) is 5.73 Å². The van der Waals surface area contributed by atoms with Crippen molar-refractivity contribution in [2.75, 3.05) is 18.4 Å². The van der Waals surface area contributed by atoms with E-state index in [-0.39, 0.29) is 18.5 Å². The Morgan fingerprint density at radius 1 is 1.52 bits per heavy atom. The van der Waals surface area contributed by atoms with Crippen LogP contribution >= 0.6 is 11.3 Å². The van der Waals surface area contributed by atoms with E-state index >= 15 is 0 Å². The van der Waals surface area contributed by atoms with Crippen LogP contribution in [0, 0.1) is 0 Å². The number of rotatable bonds is 5. The van der Waals surface area contributed by atoms with Crippen LogP contribution in [-0.2, 0) is 4.79 Å². The maximum atomic E-state index is 11.2. The molecule has 3 N–H and O–H groups in total. The zero-order valence-electron chi connectivity index (χ0n) is 11.5. The third-order valence-corrected chi connectivity index (χ3v) is 4.19. The van der Waals surface area contributed by atoms with Crippen LogP contribution in [0.2, 0.25) is 0 Å². The summed E-state index contributed by atoms with van der Waals surface area (Å²) in [5, 5.41) is 5.92. The molecule has 1 unspecified atom stereocenters. The number of pyridine rings is 1. The van der Waals surface area contributed by atoms with Gasteiger partial charge < -0.3 is 11.1 Å². The maximum absolute atomic E-state index is 11.2. The topological polar surface area (TPSA) is 84.1 Å². The van der Waals surface area contributed by atoms with Crippen LogP contribution in [0.1, 0.15) is 24.6 Å². The second kappa shape index (κ2) is 6.19. The van der Waals surface area contributed by atoms with Crippen LogP contribution in [-0.4, -0.2) is 33.9 Å². The minimum atomic E-state index is -0.293. The Bertz CT molecular complexity index is 616. The van der Waals surface area contributed by atoms with E-state index in [0.717, 1.165) is 36.0 Å². The summed E-state index contributed by atoms with van der Waals surface area (Å²) in [5.41, 5.74) is 6.28. The number of aromatic nitrogens is 2. The number of nitrogens with one attached hydrogen (secondary N) is 1. The fraction of sp³-hybridized carbons (Fsp3) is 0.357. The van der Waals surface area contributed by atoms with Gasteiger partial charge >= 0.3 is 0 Å². The standard InChI is InChI=1S/C14H17N5OS/c15-12(20)9-19-7-2-4-11(19)10-3-1-5-13(17-10)18-14-16-6-8-21-14/h1,3,5-6,8,11H,2,4,7,9H2,(H2,15,20)(H,16,17,18). The summed E-state index contributed by atoms with van der Waals surface area (Å²) in [6, 6.07) is 6.05. The highest BCUT2D eigenvalue weighted by Crippen LogP contribution is 2.31. The van der Waals surface area contributed by atoms with Gasteiger partial charge in [-0.05, 0) is 31.5 Å². The molecule has 2 aromatic heterocycles. The Balaban J connectivity index is 1.77. The van der Waals surface area contributed by atoms with Gasteiger partial charge in [0.2, 0.25) is 5.91 Å². The average molecular weight is 303 g/mol. The molecule has 3 heterocycles. The van der Waals surface area contributed by atoms with Gasteiger partial charge in [0.05, 0.1) is 18.3 Å². The minimum absolute atomic E-state index is 0.163. The molecule has 1 atom stereocenters. The lowest BCUT2D eigenvalue weighted by molar-refractivity contribution is -0.119. The van der Waals surface area contributed by atoms with Crippen molar-refractivity contribution in [3.05, 3.63) is 35.5 Å². The quantitative estimate of drug-likeness (QED) is 0.881. The number of nitrogens with two attached hydrogens (primary N) is 1. The third-order valence-electron chi connectivity index (χ3n) is 3.50. The zero-order chi connectivity index (χ0) is 14.7. The molecule has 0 radical (unpaired) electrons. The van der Waals surface area contributed by atoms with Crippen molar-refractivity contribution in [1.29, 1.82) is 0 Å². The molecule has 6 nitrogen and oxygen atoms in total. The second-order valence-electron chi connectivity index (χ2n) is 5.00. The van der Waals surface area contributed by atoms with Crippen molar-refractivity contribution in [1.82, 2.24) is 14.9 Å². The van der Waals surface area contributed by atoms with Crippen molar-refractivity contribution in [3.8, 4) is 0 Å². The molecule has 0 bridgehead atoms. The predicted molar refractivity (Wildman–Crippen MR) is 82.4 cm³/mol. The molecule has 21 heavy (non-hydrogen) atoms.